The van der Waals surface area contributed by atoms with Crippen molar-refractivity contribution in [1.82, 2.24) is 5.32 Å². The highest BCUT2D eigenvalue weighted by Crippen LogP contribution is 2.31. The first-order chi connectivity index (χ1) is 13.8. The molecule has 0 radical (unpaired) electrons. The van der Waals surface area contributed by atoms with Gasteiger partial charge in [-0.1, -0.05) is 60.7 Å². The number of halogens is 3. The number of para-hydroxylation sites is 1. The van der Waals surface area contributed by atoms with Crippen molar-refractivity contribution in [3.8, 4) is 11.1 Å². The summed E-state index contributed by atoms with van der Waals surface area (Å²) in [5, 5.41) is 5.85. The second kappa shape index (κ2) is 8.92. The summed E-state index contributed by atoms with van der Waals surface area (Å²) in [6.07, 6.45) is -4.39. The molecule has 0 saturated heterocycles. The number of nitrogens with one attached hydrogen (secondary N) is 2. The molecule has 0 aliphatic rings. The zero-order chi connectivity index (χ0) is 20.9. The Morgan fingerprint density at radius 3 is 2.34 bits per heavy atom. The summed E-state index contributed by atoms with van der Waals surface area (Å²) in [4.78, 5) is 12.4. The largest absolute Gasteiger partial charge is 0.416 e. The number of anilines is 1. The molecule has 3 rings (SSSR count). The van der Waals surface area contributed by atoms with Gasteiger partial charge in [-0.3, -0.25) is 4.79 Å². The van der Waals surface area contributed by atoms with Crippen LogP contribution in [0.5, 0.6) is 0 Å². The van der Waals surface area contributed by atoms with Crippen molar-refractivity contribution < 1.29 is 18.0 Å². The van der Waals surface area contributed by atoms with Crippen molar-refractivity contribution in [2.24, 2.45) is 0 Å². The van der Waals surface area contributed by atoms with Crippen molar-refractivity contribution in [3.63, 3.8) is 0 Å². The summed E-state index contributed by atoms with van der Waals surface area (Å²) < 4.78 is 38.6. The van der Waals surface area contributed by atoms with Gasteiger partial charge in [0, 0.05) is 17.3 Å². The second-order valence-electron chi connectivity index (χ2n) is 6.69. The summed E-state index contributed by atoms with van der Waals surface area (Å²) in [7, 11) is 0. The molecule has 3 nitrogen and oxygen atoms in total. The van der Waals surface area contributed by atoms with Crippen LogP contribution in [0.25, 0.3) is 11.1 Å². The minimum atomic E-state index is -4.39. The van der Waals surface area contributed by atoms with Crippen LogP contribution in [0.2, 0.25) is 0 Å². The van der Waals surface area contributed by atoms with E-state index in [0.29, 0.717) is 11.3 Å². The molecule has 6 heteroatoms. The van der Waals surface area contributed by atoms with E-state index in [4.69, 9.17) is 0 Å². The van der Waals surface area contributed by atoms with Crippen molar-refractivity contribution in [2.75, 3.05) is 11.9 Å². The van der Waals surface area contributed by atoms with E-state index in [0.717, 1.165) is 23.3 Å². The minimum absolute atomic E-state index is 0.0272. The molecule has 1 amide bonds. The standard InChI is InChI=1S/C23H21F3N2O/c1-16(18-10-7-11-19(14-18)23(24,25)26)27-15-22(29)28-21-13-6-5-12-20(21)17-8-3-2-4-9-17/h2-14,16,27H,15H2,1H3,(H,28,29). The zero-order valence-electron chi connectivity index (χ0n) is 15.8. The lowest BCUT2D eigenvalue weighted by molar-refractivity contribution is -0.137. The van der Waals surface area contributed by atoms with Crippen molar-refractivity contribution >= 4 is 11.6 Å². The maximum absolute atomic E-state index is 12.9. The van der Waals surface area contributed by atoms with E-state index in [2.05, 4.69) is 10.6 Å². The predicted molar refractivity (Wildman–Crippen MR) is 108 cm³/mol. The summed E-state index contributed by atoms with van der Waals surface area (Å²) in [6, 6.07) is 21.8. The summed E-state index contributed by atoms with van der Waals surface area (Å²) in [6.45, 7) is 1.70. The third-order valence-corrected chi connectivity index (χ3v) is 4.57. The Morgan fingerprint density at radius 1 is 0.931 bits per heavy atom. The topological polar surface area (TPSA) is 41.1 Å². The van der Waals surface area contributed by atoms with Gasteiger partial charge in [-0.15, -0.1) is 0 Å². The molecule has 3 aromatic carbocycles. The molecule has 1 unspecified atom stereocenters. The molecule has 1 atom stereocenters. The number of rotatable bonds is 6. The fourth-order valence-corrected chi connectivity index (χ4v) is 3.00. The molecular weight excluding hydrogens is 377 g/mol. The van der Waals surface area contributed by atoms with Crippen LogP contribution in [0.15, 0.2) is 78.9 Å². The van der Waals surface area contributed by atoms with Crippen molar-refractivity contribution in [3.05, 3.63) is 90.0 Å². The number of carbonyl (C=O) groups is 1. The van der Waals surface area contributed by atoms with Gasteiger partial charge in [-0.25, -0.2) is 0 Å². The van der Waals surface area contributed by atoms with Gasteiger partial charge in [0.15, 0.2) is 0 Å². The van der Waals surface area contributed by atoms with Crippen LogP contribution < -0.4 is 10.6 Å². The van der Waals surface area contributed by atoms with Crippen molar-refractivity contribution in [1.29, 1.82) is 0 Å². The number of alkyl halides is 3. The first-order valence-electron chi connectivity index (χ1n) is 9.19. The van der Waals surface area contributed by atoms with E-state index in [1.54, 1.807) is 13.0 Å². The maximum Gasteiger partial charge on any atom is 0.416 e. The van der Waals surface area contributed by atoms with Gasteiger partial charge in [-0.05, 0) is 36.2 Å². The van der Waals surface area contributed by atoms with E-state index in [9.17, 15) is 18.0 Å². The van der Waals surface area contributed by atoms with Crippen LogP contribution in [0.3, 0.4) is 0 Å². The fraction of sp³-hybridized carbons (Fsp3) is 0.174. The molecule has 0 fully saturated rings. The number of hydrogen-bond donors (Lipinski definition) is 2. The average molecular weight is 398 g/mol. The second-order valence-corrected chi connectivity index (χ2v) is 6.69. The monoisotopic (exact) mass is 398 g/mol. The molecule has 0 spiro atoms. The van der Waals surface area contributed by atoms with E-state index in [1.807, 2.05) is 54.6 Å². The Balaban J connectivity index is 1.64. The maximum atomic E-state index is 12.9. The van der Waals surface area contributed by atoms with Gasteiger partial charge < -0.3 is 10.6 Å². The average Bonchev–Trinajstić information content (AvgIpc) is 2.72. The first kappa shape index (κ1) is 20.6. The molecule has 3 aromatic rings. The Bertz CT molecular complexity index is 971. The Hall–Kier alpha value is -3.12. The van der Waals surface area contributed by atoms with Gasteiger partial charge in [0.2, 0.25) is 5.91 Å². The van der Waals surface area contributed by atoms with E-state index < -0.39 is 17.8 Å². The molecule has 150 valence electrons. The van der Waals surface area contributed by atoms with Gasteiger partial charge in [0.25, 0.3) is 0 Å². The van der Waals surface area contributed by atoms with E-state index >= 15 is 0 Å². The highest BCUT2D eigenvalue weighted by atomic mass is 19.4. The molecule has 0 aromatic heterocycles. The Morgan fingerprint density at radius 2 is 1.62 bits per heavy atom. The lowest BCUT2D eigenvalue weighted by atomic mass is 10.0. The summed E-state index contributed by atoms with van der Waals surface area (Å²) >= 11 is 0. The van der Waals surface area contributed by atoms with Crippen LogP contribution >= 0.6 is 0 Å². The van der Waals surface area contributed by atoms with E-state index in [1.165, 1.54) is 6.07 Å². The van der Waals surface area contributed by atoms with Crippen molar-refractivity contribution in [2.45, 2.75) is 19.1 Å². The fourth-order valence-electron chi connectivity index (χ4n) is 3.00. The van der Waals surface area contributed by atoms with Crippen LogP contribution in [-0.4, -0.2) is 12.5 Å². The minimum Gasteiger partial charge on any atom is -0.324 e. The van der Waals surface area contributed by atoms with Crippen LogP contribution in [0.1, 0.15) is 24.1 Å². The molecule has 0 saturated carbocycles. The highest BCUT2D eigenvalue weighted by Gasteiger charge is 2.30. The number of amides is 1. The van der Waals surface area contributed by atoms with Crippen LogP contribution in [-0.2, 0) is 11.0 Å². The third-order valence-electron chi connectivity index (χ3n) is 4.57. The molecule has 29 heavy (non-hydrogen) atoms. The Kier molecular flexibility index (Phi) is 6.34. The van der Waals surface area contributed by atoms with Gasteiger partial charge in [-0.2, -0.15) is 13.2 Å². The molecule has 0 aliphatic carbocycles. The SMILES string of the molecule is CC(NCC(=O)Nc1ccccc1-c1ccccc1)c1cccc(C(F)(F)F)c1. The Labute approximate surface area is 167 Å². The highest BCUT2D eigenvalue weighted by molar-refractivity contribution is 5.96. The van der Waals surface area contributed by atoms with E-state index in [-0.39, 0.29) is 12.5 Å². The van der Waals surface area contributed by atoms with Gasteiger partial charge >= 0.3 is 6.18 Å². The van der Waals surface area contributed by atoms with Crippen LogP contribution in [0, 0.1) is 0 Å². The zero-order valence-corrected chi connectivity index (χ0v) is 15.8. The van der Waals surface area contributed by atoms with Gasteiger partial charge in [0.1, 0.15) is 0 Å². The lowest BCUT2D eigenvalue weighted by Gasteiger charge is -2.17. The predicted octanol–water partition coefficient (Wildman–Crippen LogP) is 5.66. The molecule has 0 bridgehead atoms. The molecule has 0 heterocycles. The third kappa shape index (κ3) is 5.45. The molecular formula is C23H21F3N2O. The molecule has 0 aliphatic heterocycles. The first-order valence-corrected chi connectivity index (χ1v) is 9.19. The van der Waals surface area contributed by atoms with Crippen LogP contribution in [0.4, 0.5) is 18.9 Å². The number of carbonyl (C=O) groups excluding carboxylic acids is 1. The van der Waals surface area contributed by atoms with Gasteiger partial charge in [0.05, 0.1) is 12.1 Å². The lowest BCUT2D eigenvalue weighted by Crippen LogP contribution is -2.30. The quantitative estimate of drug-likeness (QED) is 0.562. The number of hydrogen-bond acceptors (Lipinski definition) is 2. The molecule has 2 N–H and O–H groups in total. The number of benzene rings is 3. The summed E-state index contributed by atoms with van der Waals surface area (Å²) in [5.74, 6) is -0.271. The smallest absolute Gasteiger partial charge is 0.324 e. The summed E-state index contributed by atoms with van der Waals surface area (Å²) in [5.41, 5.74) is 2.32. The normalized spacial score (nSPS) is 12.4.